The summed E-state index contributed by atoms with van der Waals surface area (Å²) in [6, 6.07) is -1.38. The molecule has 0 aromatic carbocycles. The number of nitrogens with one attached hydrogen (secondary N) is 1. The normalized spacial score (nSPS) is 17.4. The van der Waals surface area contributed by atoms with Gasteiger partial charge < -0.3 is 16.2 Å². The standard InChI is InChI=1S/C8H13F3N2O3/c1-3-4(5(14)15)13-6(16)7(2,12)8(9,10)11/h4H,3,12H2,1-2H3,(H,13,16)(H,14,15)/t4-,7?/m0/s1. The second kappa shape index (κ2) is 4.69. The Hall–Kier alpha value is -1.31. The highest BCUT2D eigenvalue weighted by atomic mass is 19.4. The van der Waals surface area contributed by atoms with Crippen LogP contribution < -0.4 is 11.1 Å². The fourth-order valence-electron chi connectivity index (χ4n) is 0.775. The molecule has 0 aromatic heterocycles. The summed E-state index contributed by atoms with van der Waals surface area (Å²) in [6.07, 6.45) is -4.97. The molecule has 0 aliphatic carbocycles. The van der Waals surface area contributed by atoms with E-state index in [9.17, 15) is 22.8 Å². The fourth-order valence-corrected chi connectivity index (χ4v) is 0.775. The number of nitrogens with two attached hydrogens (primary N) is 1. The molecule has 0 aromatic rings. The van der Waals surface area contributed by atoms with Gasteiger partial charge >= 0.3 is 12.1 Å². The minimum atomic E-state index is -4.94. The lowest BCUT2D eigenvalue weighted by Crippen LogP contribution is -2.63. The Balaban J connectivity index is 4.76. The summed E-state index contributed by atoms with van der Waals surface area (Å²) in [7, 11) is 0. The molecule has 1 amide bonds. The lowest BCUT2D eigenvalue weighted by Gasteiger charge is -2.27. The molecule has 8 heteroatoms. The monoisotopic (exact) mass is 242 g/mol. The van der Waals surface area contributed by atoms with E-state index in [1.807, 2.05) is 0 Å². The molecule has 0 fully saturated rings. The molecule has 4 N–H and O–H groups in total. The Morgan fingerprint density at radius 1 is 1.44 bits per heavy atom. The Morgan fingerprint density at radius 3 is 2.12 bits per heavy atom. The molecule has 16 heavy (non-hydrogen) atoms. The Labute approximate surface area is 89.8 Å². The molecular weight excluding hydrogens is 229 g/mol. The summed E-state index contributed by atoms with van der Waals surface area (Å²) >= 11 is 0. The first kappa shape index (κ1) is 14.7. The van der Waals surface area contributed by atoms with Crippen LogP contribution in [0.25, 0.3) is 0 Å². The lowest BCUT2D eigenvalue weighted by molar-refractivity contribution is -0.188. The van der Waals surface area contributed by atoms with Gasteiger partial charge in [0.25, 0.3) is 0 Å². The summed E-state index contributed by atoms with van der Waals surface area (Å²) in [6.45, 7) is 1.90. The third kappa shape index (κ3) is 3.09. The van der Waals surface area contributed by atoms with E-state index >= 15 is 0 Å². The van der Waals surface area contributed by atoms with E-state index in [0.717, 1.165) is 0 Å². The highest BCUT2D eigenvalue weighted by molar-refractivity contribution is 5.90. The predicted octanol–water partition coefficient (Wildman–Crippen LogP) is 0.245. The van der Waals surface area contributed by atoms with Gasteiger partial charge in [-0.05, 0) is 13.3 Å². The van der Waals surface area contributed by atoms with Crippen LogP contribution in [0.3, 0.4) is 0 Å². The molecule has 94 valence electrons. The van der Waals surface area contributed by atoms with Gasteiger partial charge in [0.1, 0.15) is 6.04 Å². The number of carboxylic acid groups (broad SMARTS) is 1. The molecule has 0 rings (SSSR count). The largest absolute Gasteiger partial charge is 0.480 e. The Morgan fingerprint density at radius 2 is 1.88 bits per heavy atom. The van der Waals surface area contributed by atoms with Gasteiger partial charge in [0.2, 0.25) is 5.91 Å². The van der Waals surface area contributed by atoms with E-state index < -0.39 is 29.6 Å². The molecule has 1 unspecified atom stereocenters. The van der Waals surface area contributed by atoms with Gasteiger partial charge in [-0.3, -0.25) is 4.79 Å². The fraction of sp³-hybridized carbons (Fsp3) is 0.750. The molecular formula is C8H13F3N2O3. The smallest absolute Gasteiger partial charge is 0.415 e. The van der Waals surface area contributed by atoms with Crippen LogP contribution >= 0.6 is 0 Å². The van der Waals surface area contributed by atoms with E-state index in [1.54, 1.807) is 5.32 Å². The molecule has 0 radical (unpaired) electrons. The topological polar surface area (TPSA) is 92.4 Å². The van der Waals surface area contributed by atoms with Crippen molar-refractivity contribution in [2.24, 2.45) is 5.73 Å². The number of hydrogen-bond acceptors (Lipinski definition) is 3. The van der Waals surface area contributed by atoms with Crippen LogP contribution in [0.15, 0.2) is 0 Å². The zero-order chi connectivity index (χ0) is 13.1. The number of carbonyl (C=O) groups excluding carboxylic acids is 1. The van der Waals surface area contributed by atoms with Gasteiger partial charge in [-0.15, -0.1) is 0 Å². The first-order valence-electron chi connectivity index (χ1n) is 4.43. The van der Waals surface area contributed by atoms with E-state index in [1.165, 1.54) is 6.92 Å². The van der Waals surface area contributed by atoms with Crippen LogP contribution in [0.2, 0.25) is 0 Å². The van der Waals surface area contributed by atoms with Crippen molar-refractivity contribution in [2.75, 3.05) is 0 Å². The van der Waals surface area contributed by atoms with Crippen LogP contribution in [0, 0.1) is 0 Å². The number of amides is 1. The number of hydrogen-bond donors (Lipinski definition) is 3. The summed E-state index contributed by atoms with van der Waals surface area (Å²) < 4.78 is 36.9. The Bertz CT molecular complexity index is 289. The maximum Gasteiger partial charge on any atom is 0.415 e. The van der Waals surface area contributed by atoms with Gasteiger partial charge in [0.05, 0.1) is 0 Å². The summed E-state index contributed by atoms with van der Waals surface area (Å²) in [4.78, 5) is 21.7. The number of carbonyl (C=O) groups is 2. The number of halogens is 3. The van der Waals surface area contributed by atoms with Crippen molar-refractivity contribution in [3.05, 3.63) is 0 Å². The molecule has 0 bridgehead atoms. The van der Waals surface area contributed by atoms with Crippen LogP contribution in [-0.2, 0) is 9.59 Å². The van der Waals surface area contributed by atoms with Crippen molar-refractivity contribution in [2.45, 2.75) is 38.0 Å². The molecule has 2 atom stereocenters. The second-order valence-electron chi connectivity index (χ2n) is 3.47. The van der Waals surface area contributed by atoms with Gasteiger partial charge in [-0.2, -0.15) is 13.2 Å². The number of rotatable bonds is 4. The van der Waals surface area contributed by atoms with Gasteiger partial charge in [0.15, 0.2) is 5.54 Å². The average Bonchev–Trinajstić information content (AvgIpc) is 2.11. The van der Waals surface area contributed by atoms with Crippen molar-refractivity contribution in [1.29, 1.82) is 0 Å². The first-order valence-corrected chi connectivity index (χ1v) is 4.43. The van der Waals surface area contributed by atoms with Crippen LogP contribution in [-0.4, -0.2) is 34.7 Å². The van der Waals surface area contributed by atoms with Crippen molar-refractivity contribution in [1.82, 2.24) is 5.32 Å². The van der Waals surface area contributed by atoms with Crippen molar-refractivity contribution >= 4 is 11.9 Å². The number of carboxylic acids is 1. The predicted molar refractivity (Wildman–Crippen MR) is 48.5 cm³/mol. The van der Waals surface area contributed by atoms with E-state index in [2.05, 4.69) is 0 Å². The molecule has 0 heterocycles. The molecule has 0 saturated carbocycles. The molecule has 0 aliphatic heterocycles. The van der Waals surface area contributed by atoms with Crippen LogP contribution in [0.5, 0.6) is 0 Å². The molecule has 0 spiro atoms. The third-order valence-electron chi connectivity index (χ3n) is 2.07. The van der Waals surface area contributed by atoms with Crippen molar-refractivity contribution in [3.8, 4) is 0 Å². The first-order chi connectivity index (χ1) is 7.04. The minimum Gasteiger partial charge on any atom is -0.480 e. The van der Waals surface area contributed by atoms with Gasteiger partial charge in [-0.1, -0.05) is 6.92 Å². The second-order valence-corrected chi connectivity index (χ2v) is 3.47. The zero-order valence-corrected chi connectivity index (χ0v) is 8.76. The van der Waals surface area contributed by atoms with E-state index in [4.69, 9.17) is 10.8 Å². The van der Waals surface area contributed by atoms with Gasteiger partial charge in [-0.25, -0.2) is 4.79 Å². The molecule has 0 aliphatic rings. The summed E-state index contributed by atoms with van der Waals surface area (Å²) in [5.74, 6) is -2.97. The van der Waals surface area contributed by atoms with E-state index in [0.29, 0.717) is 6.92 Å². The minimum absolute atomic E-state index is 0.0327. The Kier molecular flexibility index (Phi) is 4.30. The highest BCUT2D eigenvalue weighted by Crippen LogP contribution is 2.28. The number of alkyl halides is 3. The lowest BCUT2D eigenvalue weighted by atomic mass is 10.0. The molecule has 5 nitrogen and oxygen atoms in total. The molecule has 0 saturated heterocycles. The van der Waals surface area contributed by atoms with E-state index in [-0.39, 0.29) is 6.42 Å². The van der Waals surface area contributed by atoms with Crippen molar-refractivity contribution < 1.29 is 27.9 Å². The number of aliphatic carboxylic acids is 1. The zero-order valence-electron chi connectivity index (χ0n) is 8.76. The quantitative estimate of drug-likeness (QED) is 0.658. The SMILES string of the molecule is CC[C@H](NC(=O)C(C)(N)C(F)(F)F)C(=O)O. The third-order valence-corrected chi connectivity index (χ3v) is 2.07. The maximum absolute atomic E-state index is 12.3. The van der Waals surface area contributed by atoms with Crippen molar-refractivity contribution in [3.63, 3.8) is 0 Å². The van der Waals surface area contributed by atoms with Crippen LogP contribution in [0.4, 0.5) is 13.2 Å². The summed E-state index contributed by atoms with van der Waals surface area (Å²) in [5, 5.41) is 10.3. The highest BCUT2D eigenvalue weighted by Gasteiger charge is 2.54. The van der Waals surface area contributed by atoms with Gasteiger partial charge in [0, 0.05) is 0 Å². The average molecular weight is 242 g/mol. The van der Waals surface area contributed by atoms with Crippen LogP contribution in [0.1, 0.15) is 20.3 Å². The summed E-state index contributed by atoms with van der Waals surface area (Å²) in [5.41, 5.74) is 1.71. The maximum atomic E-state index is 12.3.